The molecule has 0 heterocycles. The van der Waals surface area contributed by atoms with E-state index in [-0.39, 0.29) is 12.4 Å². The molecule has 0 fully saturated rings. The first-order valence-corrected chi connectivity index (χ1v) is 6.37. The molecule has 0 amide bonds. The topological polar surface area (TPSA) is 26.7 Å². The van der Waals surface area contributed by atoms with Crippen LogP contribution in [0.25, 0.3) is 0 Å². The van der Waals surface area contributed by atoms with Gasteiger partial charge in [-0.05, 0) is 51.7 Å². The van der Waals surface area contributed by atoms with E-state index in [0.717, 1.165) is 26.1 Å². The van der Waals surface area contributed by atoms with E-state index in [1.54, 1.807) is 12.1 Å². The number of rotatable bonds is 7. The second-order valence-corrected chi connectivity index (χ2v) is 4.68. The third-order valence-electron chi connectivity index (χ3n) is 2.95. The van der Waals surface area contributed by atoms with Crippen molar-refractivity contribution in [2.45, 2.75) is 20.0 Å². The zero-order valence-corrected chi connectivity index (χ0v) is 11.5. The Kier molecular flexibility index (Phi) is 6.09. The van der Waals surface area contributed by atoms with Crippen molar-refractivity contribution in [2.24, 2.45) is 0 Å². The number of hydrogen-bond acceptors (Lipinski definition) is 3. The molecule has 0 aliphatic heterocycles. The van der Waals surface area contributed by atoms with Gasteiger partial charge in [0.25, 0.3) is 0 Å². The van der Waals surface area contributed by atoms with Crippen molar-refractivity contribution >= 4 is 5.69 Å². The summed E-state index contributed by atoms with van der Waals surface area (Å²) in [6, 6.07) is 4.93. The Bertz CT molecular complexity index is 369. The van der Waals surface area contributed by atoms with E-state index in [4.69, 9.17) is 5.11 Å². The van der Waals surface area contributed by atoms with E-state index >= 15 is 0 Å². The highest BCUT2D eigenvalue weighted by atomic mass is 19.1. The molecule has 4 heteroatoms. The van der Waals surface area contributed by atoms with E-state index in [2.05, 4.69) is 4.90 Å². The van der Waals surface area contributed by atoms with Crippen LogP contribution in [0, 0.1) is 5.82 Å². The van der Waals surface area contributed by atoms with Crippen LogP contribution < -0.4 is 4.90 Å². The summed E-state index contributed by atoms with van der Waals surface area (Å²) >= 11 is 0. The molecule has 0 unspecified atom stereocenters. The molecule has 1 rings (SSSR count). The molecule has 0 radical (unpaired) electrons. The fraction of sp³-hybridized carbons (Fsp3) is 0.571. The molecule has 0 saturated heterocycles. The second-order valence-electron chi connectivity index (χ2n) is 4.68. The van der Waals surface area contributed by atoms with Crippen molar-refractivity contribution < 1.29 is 9.50 Å². The molecule has 0 saturated carbocycles. The van der Waals surface area contributed by atoms with Gasteiger partial charge in [-0.2, -0.15) is 0 Å². The Morgan fingerprint density at radius 3 is 2.44 bits per heavy atom. The number of aliphatic hydroxyl groups is 1. The van der Waals surface area contributed by atoms with Gasteiger partial charge < -0.3 is 14.9 Å². The maximum absolute atomic E-state index is 13.9. The normalized spacial score (nSPS) is 11.0. The van der Waals surface area contributed by atoms with Gasteiger partial charge in [-0.25, -0.2) is 4.39 Å². The largest absolute Gasteiger partial charge is 0.392 e. The Morgan fingerprint density at radius 2 is 1.94 bits per heavy atom. The van der Waals surface area contributed by atoms with Gasteiger partial charge in [-0.1, -0.05) is 6.07 Å². The first-order valence-electron chi connectivity index (χ1n) is 6.37. The molecule has 0 atom stereocenters. The standard InChI is InChI=1S/C14H23FN2O/c1-4-17(9-5-8-16(2)3)14-7-6-12(11-18)10-13(14)15/h6-7,10,18H,4-5,8-9,11H2,1-3H3. The van der Waals surface area contributed by atoms with Crippen LogP contribution in [0.15, 0.2) is 18.2 Å². The Morgan fingerprint density at radius 1 is 1.22 bits per heavy atom. The van der Waals surface area contributed by atoms with Gasteiger partial charge in [0.05, 0.1) is 12.3 Å². The van der Waals surface area contributed by atoms with Gasteiger partial charge in [0, 0.05) is 13.1 Å². The van der Waals surface area contributed by atoms with Gasteiger partial charge in [-0.15, -0.1) is 0 Å². The predicted molar refractivity (Wildman–Crippen MR) is 73.4 cm³/mol. The molecule has 0 aromatic heterocycles. The van der Waals surface area contributed by atoms with Crippen LogP contribution in [0.4, 0.5) is 10.1 Å². The van der Waals surface area contributed by atoms with Gasteiger partial charge >= 0.3 is 0 Å². The summed E-state index contributed by atoms with van der Waals surface area (Å²) in [6.45, 7) is 4.51. The lowest BCUT2D eigenvalue weighted by molar-refractivity contribution is 0.281. The fourth-order valence-corrected chi connectivity index (χ4v) is 1.93. The Labute approximate surface area is 109 Å². The van der Waals surface area contributed by atoms with Gasteiger partial charge in [0.2, 0.25) is 0 Å². The lowest BCUT2D eigenvalue weighted by atomic mass is 10.2. The summed E-state index contributed by atoms with van der Waals surface area (Å²) in [5.74, 6) is -0.256. The molecule has 1 N–H and O–H groups in total. The van der Waals surface area contributed by atoms with Crippen LogP contribution in [0.1, 0.15) is 18.9 Å². The number of halogens is 1. The summed E-state index contributed by atoms with van der Waals surface area (Å²) in [6.07, 6.45) is 1.00. The monoisotopic (exact) mass is 254 g/mol. The van der Waals surface area contributed by atoms with Crippen LogP contribution in [-0.2, 0) is 6.61 Å². The number of anilines is 1. The fourth-order valence-electron chi connectivity index (χ4n) is 1.93. The van der Waals surface area contributed by atoms with E-state index in [1.807, 2.05) is 25.9 Å². The highest BCUT2D eigenvalue weighted by Crippen LogP contribution is 2.20. The molecular formula is C14H23FN2O. The van der Waals surface area contributed by atoms with E-state index < -0.39 is 0 Å². The third kappa shape index (κ3) is 4.27. The smallest absolute Gasteiger partial charge is 0.146 e. The average molecular weight is 254 g/mol. The van der Waals surface area contributed by atoms with Crippen molar-refractivity contribution in [1.82, 2.24) is 4.90 Å². The minimum absolute atomic E-state index is 0.121. The van der Waals surface area contributed by atoms with Crippen LogP contribution in [0.5, 0.6) is 0 Å². The highest BCUT2D eigenvalue weighted by Gasteiger charge is 2.10. The molecule has 0 bridgehead atoms. The molecule has 3 nitrogen and oxygen atoms in total. The molecule has 1 aromatic rings. The highest BCUT2D eigenvalue weighted by molar-refractivity contribution is 5.49. The van der Waals surface area contributed by atoms with Crippen LogP contribution in [0.2, 0.25) is 0 Å². The quantitative estimate of drug-likeness (QED) is 0.807. The van der Waals surface area contributed by atoms with Crippen LogP contribution in [-0.4, -0.2) is 43.7 Å². The summed E-state index contributed by atoms with van der Waals surface area (Å²) in [7, 11) is 4.07. The summed E-state index contributed by atoms with van der Waals surface area (Å²) in [5, 5.41) is 8.97. The van der Waals surface area contributed by atoms with Crippen molar-refractivity contribution in [3.63, 3.8) is 0 Å². The SMILES string of the molecule is CCN(CCCN(C)C)c1ccc(CO)cc1F. The van der Waals surface area contributed by atoms with Crippen molar-refractivity contribution in [2.75, 3.05) is 38.6 Å². The minimum atomic E-state index is -0.256. The number of benzene rings is 1. The first-order chi connectivity index (χ1) is 8.58. The maximum Gasteiger partial charge on any atom is 0.146 e. The molecule has 1 aromatic carbocycles. The van der Waals surface area contributed by atoms with Gasteiger partial charge in [0.15, 0.2) is 0 Å². The first kappa shape index (κ1) is 14.9. The molecule has 0 aliphatic carbocycles. The van der Waals surface area contributed by atoms with E-state index in [0.29, 0.717) is 11.3 Å². The van der Waals surface area contributed by atoms with Crippen LogP contribution >= 0.6 is 0 Å². The van der Waals surface area contributed by atoms with Crippen LogP contribution in [0.3, 0.4) is 0 Å². The number of nitrogens with zero attached hydrogens (tertiary/aromatic N) is 2. The lowest BCUT2D eigenvalue weighted by Gasteiger charge is -2.24. The molecule has 0 spiro atoms. The minimum Gasteiger partial charge on any atom is -0.392 e. The summed E-state index contributed by atoms with van der Waals surface area (Å²) in [5.41, 5.74) is 1.23. The molecular weight excluding hydrogens is 231 g/mol. The summed E-state index contributed by atoms with van der Waals surface area (Å²) < 4.78 is 13.9. The van der Waals surface area contributed by atoms with Crippen molar-refractivity contribution in [1.29, 1.82) is 0 Å². The zero-order chi connectivity index (χ0) is 13.5. The predicted octanol–water partition coefficient (Wildman–Crippen LogP) is 2.10. The van der Waals surface area contributed by atoms with Gasteiger partial charge in [0.1, 0.15) is 5.82 Å². The molecule has 102 valence electrons. The maximum atomic E-state index is 13.9. The van der Waals surface area contributed by atoms with Crippen molar-refractivity contribution in [3.8, 4) is 0 Å². The molecule has 18 heavy (non-hydrogen) atoms. The third-order valence-corrected chi connectivity index (χ3v) is 2.95. The summed E-state index contributed by atoms with van der Waals surface area (Å²) in [4.78, 5) is 4.15. The Hall–Kier alpha value is -1.13. The lowest BCUT2D eigenvalue weighted by Crippen LogP contribution is -2.27. The number of hydrogen-bond donors (Lipinski definition) is 1. The van der Waals surface area contributed by atoms with E-state index in [1.165, 1.54) is 6.07 Å². The molecule has 0 aliphatic rings. The van der Waals surface area contributed by atoms with Gasteiger partial charge in [-0.3, -0.25) is 0 Å². The average Bonchev–Trinajstić information content (AvgIpc) is 2.35. The second kappa shape index (κ2) is 7.34. The zero-order valence-electron chi connectivity index (χ0n) is 11.5. The number of aliphatic hydroxyl groups excluding tert-OH is 1. The van der Waals surface area contributed by atoms with Crippen molar-refractivity contribution in [3.05, 3.63) is 29.6 Å². The Balaban J connectivity index is 2.69. The van der Waals surface area contributed by atoms with E-state index in [9.17, 15) is 4.39 Å².